The molecule has 0 aliphatic carbocycles. The summed E-state index contributed by atoms with van der Waals surface area (Å²) in [4.78, 5) is 14.3. The Balaban J connectivity index is 1.74. The molecule has 0 radical (unpaired) electrons. The lowest BCUT2D eigenvalue weighted by molar-refractivity contribution is -0.123. The largest absolute Gasteiger partial charge is 0.483 e. The molecule has 122 valence electrons. The van der Waals surface area contributed by atoms with Crippen molar-refractivity contribution in [3.8, 4) is 5.75 Å². The Hall–Kier alpha value is -1.55. The average molecular weight is 304 g/mol. The predicted octanol–water partition coefficient (Wildman–Crippen LogP) is 2.71. The summed E-state index contributed by atoms with van der Waals surface area (Å²) in [7, 11) is 0. The molecule has 0 aromatic heterocycles. The maximum absolute atomic E-state index is 11.9. The van der Waals surface area contributed by atoms with Gasteiger partial charge in [0.15, 0.2) is 6.61 Å². The van der Waals surface area contributed by atoms with E-state index in [2.05, 4.69) is 36.2 Å². The summed E-state index contributed by atoms with van der Waals surface area (Å²) in [5.41, 5.74) is 2.30. The fourth-order valence-corrected chi connectivity index (χ4v) is 2.69. The number of nitrogens with one attached hydrogen (secondary N) is 1. The topological polar surface area (TPSA) is 41.6 Å². The molecule has 4 nitrogen and oxygen atoms in total. The van der Waals surface area contributed by atoms with E-state index in [0.29, 0.717) is 12.5 Å². The van der Waals surface area contributed by atoms with E-state index < -0.39 is 0 Å². The zero-order chi connectivity index (χ0) is 15.9. The molecule has 4 heteroatoms. The molecule has 1 aliphatic rings. The second-order valence-electron chi connectivity index (χ2n) is 6.37. The van der Waals surface area contributed by atoms with Gasteiger partial charge in [0, 0.05) is 13.1 Å². The number of benzene rings is 1. The molecular formula is C18H28N2O2. The van der Waals surface area contributed by atoms with E-state index in [4.69, 9.17) is 4.74 Å². The van der Waals surface area contributed by atoms with E-state index in [1.54, 1.807) is 0 Å². The molecule has 0 saturated carbocycles. The van der Waals surface area contributed by atoms with Crippen LogP contribution in [0.2, 0.25) is 0 Å². The van der Waals surface area contributed by atoms with Crippen molar-refractivity contribution >= 4 is 5.91 Å². The molecule has 1 fully saturated rings. The minimum atomic E-state index is -0.0476. The highest BCUT2D eigenvalue weighted by Crippen LogP contribution is 2.24. The van der Waals surface area contributed by atoms with Gasteiger partial charge in [0.2, 0.25) is 0 Å². The van der Waals surface area contributed by atoms with Gasteiger partial charge in [-0.15, -0.1) is 0 Å². The van der Waals surface area contributed by atoms with Crippen LogP contribution in [-0.2, 0) is 4.79 Å². The van der Waals surface area contributed by atoms with Crippen molar-refractivity contribution in [2.45, 2.75) is 39.5 Å². The monoisotopic (exact) mass is 304 g/mol. The number of nitrogens with zero attached hydrogens (tertiary/aromatic N) is 1. The highest BCUT2D eigenvalue weighted by Gasteiger charge is 2.11. The lowest BCUT2D eigenvalue weighted by Crippen LogP contribution is -2.36. The molecule has 1 heterocycles. The highest BCUT2D eigenvalue weighted by molar-refractivity contribution is 5.77. The fraction of sp³-hybridized carbons (Fsp3) is 0.611. The predicted molar refractivity (Wildman–Crippen MR) is 89.4 cm³/mol. The fourth-order valence-electron chi connectivity index (χ4n) is 2.69. The molecule has 1 aromatic rings. The van der Waals surface area contributed by atoms with E-state index in [1.165, 1.54) is 18.4 Å². The number of hydrogen-bond donors (Lipinski definition) is 1. The van der Waals surface area contributed by atoms with Crippen molar-refractivity contribution in [3.63, 3.8) is 0 Å². The summed E-state index contributed by atoms with van der Waals surface area (Å²) in [6.07, 6.45) is 2.56. The van der Waals surface area contributed by atoms with Crippen LogP contribution < -0.4 is 10.1 Å². The summed E-state index contributed by atoms with van der Waals surface area (Å²) >= 11 is 0. The Bertz CT molecular complexity index is 494. The van der Waals surface area contributed by atoms with Gasteiger partial charge in [-0.1, -0.05) is 26.0 Å². The van der Waals surface area contributed by atoms with Crippen molar-refractivity contribution in [3.05, 3.63) is 29.3 Å². The smallest absolute Gasteiger partial charge is 0.257 e. The highest BCUT2D eigenvalue weighted by atomic mass is 16.5. The SMILES string of the molecule is Cc1ccc(C(C)C)cc1OCC(=O)NCCN1CCCC1. The Morgan fingerprint density at radius 2 is 2.05 bits per heavy atom. The van der Waals surface area contributed by atoms with Gasteiger partial charge in [0.25, 0.3) is 5.91 Å². The average Bonchev–Trinajstić information content (AvgIpc) is 2.99. The third kappa shape index (κ3) is 5.02. The second-order valence-corrected chi connectivity index (χ2v) is 6.37. The van der Waals surface area contributed by atoms with Gasteiger partial charge in [0.05, 0.1) is 0 Å². The van der Waals surface area contributed by atoms with Crippen LogP contribution in [0.3, 0.4) is 0 Å². The molecule has 0 spiro atoms. The molecule has 1 saturated heterocycles. The number of likely N-dealkylation sites (tertiary alicyclic amines) is 1. The van der Waals surface area contributed by atoms with Gasteiger partial charge in [0.1, 0.15) is 5.75 Å². The molecule has 1 N–H and O–H groups in total. The third-order valence-electron chi connectivity index (χ3n) is 4.19. The van der Waals surface area contributed by atoms with E-state index in [1.807, 2.05) is 13.0 Å². The van der Waals surface area contributed by atoms with Crippen LogP contribution in [0.15, 0.2) is 18.2 Å². The lowest BCUT2D eigenvalue weighted by atomic mass is 10.0. The Kier molecular flexibility index (Phi) is 6.25. The Morgan fingerprint density at radius 3 is 2.73 bits per heavy atom. The molecule has 0 unspecified atom stereocenters. The van der Waals surface area contributed by atoms with Crippen LogP contribution in [0.1, 0.15) is 43.7 Å². The number of hydrogen-bond acceptors (Lipinski definition) is 3. The molecule has 2 rings (SSSR count). The standard InChI is InChI=1S/C18H28N2O2/c1-14(2)16-7-6-15(3)17(12-16)22-13-18(21)19-8-11-20-9-4-5-10-20/h6-7,12,14H,4-5,8-11,13H2,1-3H3,(H,19,21). The number of carbonyl (C=O) groups is 1. The molecule has 22 heavy (non-hydrogen) atoms. The zero-order valence-corrected chi connectivity index (χ0v) is 14.0. The zero-order valence-electron chi connectivity index (χ0n) is 14.0. The van der Waals surface area contributed by atoms with Gasteiger partial charge < -0.3 is 15.0 Å². The van der Waals surface area contributed by atoms with Gasteiger partial charge in [-0.2, -0.15) is 0 Å². The molecule has 1 aliphatic heterocycles. The maximum atomic E-state index is 11.9. The molecule has 1 aromatic carbocycles. The van der Waals surface area contributed by atoms with Gasteiger partial charge in [-0.25, -0.2) is 0 Å². The van der Waals surface area contributed by atoms with Crippen LogP contribution in [0.5, 0.6) is 5.75 Å². The number of carbonyl (C=O) groups excluding carboxylic acids is 1. The van der Waals surface area contributed by atoms with E-state index in [-0.39, 0.29) is 12.5 Å². The summed E-state index contributed by atoms with van der Waals surface area (Å²) < 4.78 is 5.69. The van der Waals surface area contributed by atoms with Gasteiger partial charge in [-0.05, 0) is 56.0 Å². The molecule has 0 bridgehead atoms. The Morgan fingerprint density at radius 1 is 1.32 bits per heavy atom. The number of amides is 1. The summed E-state index contributed by atoms with van der Waals surface area (Å²) in [6.45, 7) is 10.4. The third-order valence-corrected chi connectivity index (χ3v) is 4.19. The van der Waals surface area contributed by atoms with Gasteiger partial charge in [-0.3, -0.25) is 4.79 Å². The van der Waals surface area contributed by atoms with E-state index in [0.717, 1.165) is 30.9 Å². The summed E-state index contributed by atoms with van der Waals surface area (Å²) in [5, 5.41) is 2.93. The minimum Gasteiger partial charge on any atom is -0.483 e. The summed E-state index contributed by atoms with van der Waals surface area (Å²) in [6, 6.07) is 6.20. The van der Waals surface area contributed by atoms with Crippen molar-refractivity contribution in [2.75, 3.05) is 32.8 Å². The lowest BCUT2D eigenvalue weighted by Gasteiger charge is -2.15. The number of rotatable bonds is 7. The Labute approximate surface area is 133 Å². The molecule has 1 amide bonds. The van der Waals surface area contributed by atoms with E-state index >= 15 is 0 Å². The molecule has 0 atom stereocenters. The first kappa shape index (κ1) is 16.8. The second kappa shape index (κ2) is 8.18. The quantitative estimate of drug-likeness (QED) is 0.842. The van der Waals surface area contributed by atoms with Crippen molar-refractivity contribution in [2.24, 2.45) is 0 Å². The maximum Gasteiger partial charge on any atom is 0.257 e. The molecular weight excluding hydrogens is 276 g/mol. The minimum absolute atomic E-state index is 0.0476. The van der Waals surface area contributed by atoms with Crippen LogP contribution in [0, 0.1) is 6.92 Å². The number of aryl methyl sites for hydroxylation is 1. The van der Waals surface area contributed by atoms with Crippen LogP contribution in [-0.4, -0.2) is 43.6 Å². The van der Waals surface area contributed by atoms with Gasteiger partial charge >= 0.3 is 0 Å². The van der Waals surface area contributed by atoms with Crippen molar-refractivity contribution in [1.29, 1.82) is 0 Å². The first-order chi connectivity index (χ1) is 10.6. The van der Waals surface area contributed by atoms with Crippen molar-refractivity contribution < 1.29 is 9.53 Å². The van der Waals surface area contributed by atoms with Crippen LogP contribution in [0.4, 0.5) is 0 Å². The summed E-state index contributed by atoms with van der Waals surface area (Å²) in [5.74, 6) is 1.21. The number of ether oxygens (including phenoxy) is 1. The van der Waals surface area contributed by atoms with Crippen LogP contribution >= 0.6 is 0 Å². The first-order valence-electron chi connectivity index (χ1n) is 8.28. The van der Waals surface area contributed by atoms with Crippen molar-refractivity contribution in [1.82, 2.24) is 10.2 Å². The van der Waals surface area contributed by atoms with Crippen LogP contribution in [0.25, 0.3) is 0 Å². The normalized spacial score (nSPS) is 15.3. The first-order valence-corrected chi connectivity index (χ1v) is 8.28. The van der Waals surface area contributed by atoms with E-state index in [9.17, 15) is 4.79 Å².